The van der Waals surface area contributed by atoms with Crippen LogP contribution in [0.1, 0.15) is 35.8 Å². The van der Waals surface area contributed by atoms with Gasteiger partial charge in [0.25, 0.3) is 5.69 Å². The topological polar surface area (TPSA) is 43.1 Å². The number of hydrogen-bond donors (Lipinski definition) is 0. The number of fused-ring (bicyclic) bond motifs is 1. The molecule has 0 unspecified atom stereocenters. The lowest BCUT2D eigenvalue weighted by molar-refractivity contribution is -0.384. The number of rotatable bonds is 2. The monoisotopic (exact) mass is 295 g/mol. The Morgan fingerprint density at radius 2 is 1.89 bits per heavy atom. The SMILES string of the molecule is O=[N+]([O-])c1ccc([C@H]2SC[C@H]3CCCC[C@@H]3S2)cc1. The molecule has 0 aromatic heterocycles. The summed E-state index contributed by atoms with van der Waals surface area (Å²) in [6.07, 6.45) is 5.49. The number of hydrogen-bond acceptors (Lipinski definition) is 4. The molecule has 0 amide bonds. The molecule has 102 valence electrons. The molecule has 0 bridgehead atoms. The number of nitrogens with zero attached hydrogens (tertiary/aromatic N) is 1. The second kappa shape index (κ2) is 5.75. The largest absolute Gasteiger partial charge is 0.269 e. The van der Waals surface area contributed by atoms with Crippen LogP contribution in [0.25, 0.3) is 0 Å². The molecule has 1 aliphatic heterocycles. The Balaban J connectivity index is 1.70. The molecule has 1 aliphatic carbocycles. The summed E-state index contributed by atoms with van der Waals surface area (Å²) in [5.74, 6) is 2.14. The van der Waals surface area contributed by atoms with Crippen molar-refractivity contribution in [2.45, 2.75) is 35.5 Å². The van der Waals surface area contributed by atoms with Crippen molar-refractivity contribution in [3.05, 3.63) is 39.9 Å². The first-order chi connectivity index (χ1) is 9.24. The molecule has 3 atom stereocenters. The molecule has 1 aromatic carbocycles. The van der Waals surface area contributed by atoms with Gasteiger partial charge in [-0.25, -0.2) is 0 Å². The van der Waals surface area contributed by atoms with Crippen molar-refractivity contribution >= 4 is 29.2 Å². The zero-order valence-electron chi connectivity index (χ0n) is 10.7. The van der Waals surface area contributed by atoms with E-state index in [2.05, 4.69) is 11.8 Å². The summed E-state index contributed by atoms with van der Waals surface area (Å²) in [5, 5.41) is 11.5. The molecule has 0 radical (unpaired) electrons. The van der Waals surface area contributed by atoms with Crippen molar-refractivity contribution in [3.8, 4) is 0 Å². The molecule has 1 aromatic rings. The molecular formula is C14H17NO2S2. The zero-order valence-corrected chi connectivity index (χ0v) is 12.3. The summed E-state index contributed by atoms with van der Waals surface area (Å²) in [6, 6.07) is 7.10. The van der Waals surface area contributed by atoms with Gasteiger partial charge in [0.1, 0.15) is 0 Å². The van der Waals surface area contributed by atoms with E-state index in [0.29, 0.717) is 4.58 Å². The molecule has 1 saturated carbocycles. The minimum absolute atomic E-state index is 0.185. The van der Waals surface area contributed by atoms with Crippen LogP contribution in [0.5, 0.6) is 0 Å². The molecule has 3 rings (SSSR count). The van der Waals surface area contributed by atoms with E-state index < -0.39 is 0 Å². The van der Waals surface area contributed by atoms with Crippen molar-refractivity contribution in [2.24, 2.45) is 5.92 Å². The summed E-state index contributed by atoms with van der Waals surface area (Å²) in [6.45, 7) is 0. The number of nitro groups is 1. The van der Waals surface area contributed by atoms with E-state index in [-0.39, 0.29) is 10.6 Å². The summed E-state index contributed by atoms with van der Waals surface area (Å²) >= 11 is 4.09. The number of non-ortho nitro benzene ring substituents is 1. The first-order valence-electron chi connectivity index (χ1n) is 6.75. The van der Waals surface area contributed by atoms with E-state index in [1.807, 2.05) is 23.9 Å². The second-order valence-corrected chi connectivity index (χ2v) is 8.02. The molecule has 2 aliphatic rings. The van der Waals surface area contributed by atoms with Gasteiger partial charge in [0.2, 0.25) is 0 Å². The quantitative estimate of drug-likeness (QED) is 0.589. The average molecular weight is 295 g/mol. The van der Waals surface area contributed by atoms with E-state index in [0.717, 1.165) is 11.2 Å². The fraction of sp³-hybridized carbons (Fsp3) is 0.571. The Labute approximate surface area is 121 Å². The molecule has 0 spiro atoms. The number of nitro benzene ring substituents is 1. The van der Waals surface area contributed by atoms with Gasteiger partial charge in [-0.05, 0) is 30.1 Å². The summed E-state index contributed by atoms with van der Waals surface area (Å²) in [7, 11) is 0. The van der Waals surface area contributed by atoms with Gasteiger partial charge in [-0.1, -0.05) is 25.0 Å². The first kappa shape index (κ1) is 13.3. The van der Waals surface area contributed by atoms with Crippen molar-refractivity contribution in [3.63, 3.8) is 0 Å². The van der Waals surface area contributed by atoms with Crippen LogP contribution < -0.4 is 0 Å². The standard InChI is InChI=1S/C14H17NO2S2/c16-15(17)12-7-5-10(6-8-12)14-18-9-11-3-1-2-4-13(11)19-14/h5-8,11,13-14H,1-4,9H2/t11-,13+,14+/m1/s1. The van der Waals surface area contributed by atoms with E-state index in [9.17, 15) is 10.1 Å². The van der Waals surface area contributed by atoms with Crippen LogP contribution in [0.3, 0.4) is 0 Å². The fourth-order valence-corrected chi connectivity index (χ4v) is 6.54. The van der Waals surface area contributed by atoms with Gasteiger partial charge in [-0.15, -0.1) is 23.5 Å². The number of benzene rings is 1. The van der Waals surface area contributed by atoms with Gasteiger partial charge < -0.3 is 0 Å². The Morgan fingerprint density at radius 3 is 2.63 bits per heavy atom. The maximum atomic E-state index is 10.7. The van der Waals surface area contributed by atoms with E-state index in [4.69, 9.17) is 0 Å². The average Bonchev–Trinajstić information content (AvgIpc) is 2.47. The minimum atomic E-state index is -0.331. The Hall–Kier alpha value is -0.680. The fourth-order valence-electron chi connectivity index (χ4n) is 2.88. The van der Waals surface area contributed by atoms with Gasteiger partial charge >= 0.3 is 0 Å². The molecule has 0 N–H and O–H groups in total. The summed E-state index contributed by atoms with van der Waals surface area (Å²) in [4.78, 5) is 10.3. The highest BCUT2D eigenvalue weighted by atomic mass is 32.2. The van der Waals surface area contributed by atoms with Gasteiger partial charge in [-0.3, -0.25) is 10.1 Å². The maximum Gasteiger partial charge on any atom is 0.269 e. The number of thioether (sulfide) groups is 2. The van der Waals surface area contributed by atoms with Crippen LogP contribution in [0, 0.1) is 16.0 Å². The lowest BCUT2D eigenvalue weighted by Gasteiger charge is -2.38. The highest BCUT2D eigenvalue weighted by Crippen LogP contribution is 2.52. The van der Waals surface area contributed by atoms with E-state index in [1.54, 1.807) is 12.1 Å². The van der Waals surface area contributed by atoms with Crippen LogP contribution in [0.4, 0.5) is 5.69 Å². The van der Waals surface area contributed by atoms with Crippen LogP contribution in [0.2, 0.25) is 0 Å². The molecule has 1 heterocycles. The van der Waals surface area contributed by atoms with Crippen LogP contribution in [-0.4, -0.2) is 15.9 Å². The predicted octanol–water partition coefficient (Wildman–Crippen LogP) is 4.63. The second-order valence-electron chi connectivity index (χ2n) is 5.23. The lowest BCUT2D eigenvalue weighted by atomic mass is 9.90. The molecule has 2 fully saturated rings. The van der Waals surface area contributed by atoms with Crippen LogP contribution in [0.15, 0.2) is 24.3 Å². The summed E-state index contributed by atoms with van der Waals surface area (Å²) in [5.41, 5.74) is 1.41. The lowest BCUT2D eigenvalue weighted by Crippen LogP contribution is -2.28. The molecular weight excluding hydrogens is 278 g/mol. The van der Waals surface area contributed by atoms with E-state index >= 15 is 0 Å². The van der Waals surface area contributed by atoms with Crippen LogP contribution >= 0.6 is 23.5 Å². The third kappa shape index (κ3) is 2.92. The third-order valence-electron chi connectivity index (χ3n) is 3.98. The molecule has 1 saturated heterocycles. The minimum Gasteiger partial charge on any atom is -0.258 e. The third-order valence-corrected chi connectivity index (χ3v) is 7.40. The van der Waals surface area contributed by atoms with Crippen molar-refractivity contribution in [2.75, 3.05) is 5.75 Å². The summed E-state index contributed by atoms with van der Waals surface area (Å²) < 4.78 is 0.458. The molecule has 19 heavy (non-hydrogen) atoms. The van der Waals surface area contributed by atoms with Gasteiger partial charge in [0, 0.05) is 17.4 Å². The molecule has 5 heteroatoms. The van der Waals surface area contributed by atoms with Gasteiger partial charge in [-0.2, -0.15) is 0 Å². The smallest absolute Gasteiger partial charge is 0.258 e. The first-order valence-corrected chi connectivity index (χ1v) is 8.74. The molecule has 3 nitrogen and oxygen atoms in total. The zero-order chi connectivity index (χ0) is 13.2. The van der Waals surface area contributed by atoms with Gasteiger partial charge in [0.05, 0.1) is 9.51 Å². The predicted molar refractivity (Wildman–Crippen MR) is 81.6 cm³/mol. The Kier molecular flexibility index (Phi) is 4.03. The van der Waals surface area contributed by atoms with Gasteiger partial charge in [0.15, 0.2) is 0 Å². The normalized spacial score (nSPS) is 30.6. The Morgan fingerprint density at radius 1 is 1.16 bits per heavy atom. The van der Waals surface area contributed by atoms with Crippen LogP contribution in [-0.2, 0) is 0 Å². The highest BCUT2D eigenvalue weighted by molar-refractivity contribution is 8.17. The van der Waals surface area contributed by atoms with Crippen molar-refractivity contribution in [1.29, 1.82) is 0 Å². The Bertz CT molecular complexity index is 463. The highest BCUT2D eigenvalue weighted by Gasteiger charge is 2.33. The maximum absolute atomic E-state index is 10.7. The van der Waals surface area contributed by atoms with E-state index in [1.165, 1.54) is 37.0 Å². The van der Waals surface area contributed by atoms with Crippen molar-refractivity contribution < 1.29 is 4.92 Å². The van der Waals surface area contributed by atoms with Crippen molar-refractivity contribution in [1.82, 2.24) is 0 Å².